The molecular formula is C25H25N3O2S. The summed E-state index contributed by atoms with van der Waals surface area (Å²) in [6.45, 7) is 2.64. The molecule has 0 bridgehead atoms. The molecule has 0 fully saturated rings. The summed E-state index contributed by atoms with van der Waals surface area (Å²) in [5, 5.41) is 8.84. The van der Waals surface area contributed by atoms with Gasteiger partial charge in [-0.1, -0.05) is 67.6 Å². The second kappa shape index (κ2) is 11.0. The van der Waals surface area contributed by atoms with Gasteiger partial charge in [-0.05, 0) is 54.0 Å². The Morgan fingerprint density at radius 2 is 1.39 bits per heavy atom. The highest BCUT2D eigenvalue weighted by Gasteiger charge is 2.23. The average molecular weight is 432 g/mol. The van der Waals surface area contributed by atoms with Gasteiger partial charge in [0.25, 0.3) is 5.91 Å². The van der Waals surface area contributed by atoms with E-state index in [2.05, 4.69) is 16.0 Å². The summed E-state index contributed by atoms with van der Waals surface area (Å²) < 4.78 is 0. The Kier molecular flexibility index (Phi) is 7.90. The number of hydrogen-bond acceptors (Lipinski definition) is 3. The summed E-state index contributed by atoms with van der Waals surface area (Å²) in [7, 11) is 0. The lowest BCUT2D eigenvalue weighted by Crippen LogP contribution is -2.37. The molecule has 0 aromatic heterocycles. The fourth-order valence-electron chi connectivity index (χ4n) is 3.18. The molecular weight excluding hydrogens is 406 g/mol. The second-order valence-electron chi connectivity index (χ2n) is 7.03. The standard InChI is InChI=1S/C25H25N3O2S/c1-2-17-26-23(29)20-13-15-21(16-14-20)27-25(31)28-24(30)22(18-9-5-3-6-10-18)19-11-7-4-8-12-19/h3-16,22H,2,17H2,1H3,(H,26,29)(H2,27,28,30,31). The molecule has 31 heavy (non-hydrogen) atoms. The zero-order valence-corrected chi connectivity index (χ0v) is 18.1. The molecule has 0 saturated carbocycles. The van der Waals surface area contributed by atoms with E-state index < -0.39 is 5.92 Å². The predicted molar refractivity (Wildman–Crippen MR) is 128 cm³/mol. The Bertz CT molecular complexity index is 982. The first-order chi connectivity index (χ1) is 15.1. The third-order valence-electron chi connectivity index (χ3n) is 4.71. The van der Waals surface area contributed by atoms with Crippen molar-refractivity contribution in [3.8, 4) is 0 Å². The van der Waals surface area contributed by atoms with Crippen molar-refractivity contribution in [2.75, 3.05) is 11.9 Å². The van der Waals surface area contributed by atoms with Gasteiger partial charge in [0.05, 0.1) is 5.92 Å². The maximum atomic E-state index is 13.1. The molecule has 0 radical (unpaired) electrons. The maximum Gasteiger partial charge on any atom is 0.251 e. The van der Waals surface area contributed by atoms with Gasteiger partial charge < -0.3 is 16.0 Å². The molecule has 0 saturated heterocycles. The monoisotopic (exact) mass is 431 g/mol. The van der Waals surface area contributed by atoms with Gasteiger partial charge in [0.1, 0.15) is 0 Å². The lowest BCUT2D eigenvalue weighted by Gasteiger charge is -2.18. The van der Waals surface area contributed by atoms with Crippen LogP contribution >= 0.6 is 12.2 Å². The lowest BCUT2D eigenvalue weighted by molar-refractivity contribution is -0.120. The van der Waals surface area contributed by atoms with Gasteiger partial charge in [-0.3, -0.25) is 9.59 Å². The minimum absolute atomic E-state index is 0.113. The van der Waals surface area contributed by atoms with Crippen LogP contribution in [0.2, 0.25) is 0 Å². The van der Waals surface area contributed by atoms with Crippen LogP contribution in [0.25, 0.3) is 0 Å². The maximum absolute atomic E-state index is 13.1. The molecule has 0 heterocycles. The summed E-state index contributed by atoms with van der Waals surface area (Å²) in [6.07, 6.45) is 0.881. The van der Waals surface area contributed by atoms with E-state index >= 15 is 0 Å². The fraction of sp³-hybridized carbons (Fsp3) is 0.160. The molecule has 6 heteroatoms. The largest absolute Gasteiger partial charge is 0.352 e. The van der Waals surface area contributed by atoms with E-state index in [0.29, 0.717) is 17.8 Å². The topological polar surface area (TPSA) is 70.2 Å². The zero-order valence-electron chi connectivity index (χ0n) is 17.3. The number of carbonyl (C=O) groups excluding carboxylic acids is 2. The van der Waals surface area contributed by atoms with Gasteiger partial charge in [0.2, 0.25) is 5.91 Å². The van der Waals surface area contributed by atoms with E-state index in [4.69, 9.17) is 12.2 Å². The number of amides is 2. The van der Waals surface area contributed by atoms with E-state index in [0.717, 1.165) is 17.5 Å². The van der Waals surface area contributed by atoms with Crippen molar-refractivity contribution in [2.45, 2.75) is 19.3 Å². The van der Waals surface area contributed by atoms with E-state index in [-0.39, 0.29) is 16.9 Å². The molecule has 3 rings (SSSR count). The molecule has 0 aliphatic heterocycles. The van der Waals surface area contributed by atoms with Gasteiger partial charge in [0.15, 0.2) is 5.11 Å². The van der Waals surface area contributed by atoms with Crippen LogP contribution in [0.4, 0.5) is 5.69 Å². The van der Waals surface area contributed by atoms with E-state index in [9.17, 15) is 9.59 Å². The first kappa shape index (κ1) is 22.2. The van der Waals surface area contributed by atoms with Gasteiger partial charge in [-0.15, -0.1) is 0 Å². The van der Waals surface area contributed by atoms with Crippen LogP contribution in [0, 0.1) is 0 Å². The molecule has 0 atom stereocenters. The first-order valence-corrected chi connectivity index (χ1v) is 10.6. The van der Waals surface area contributed by atoms with Crippen molar-refractivity contribution < 1.29 is 9.59 Å². The minimum Gasteiger partial charge on any atom is -0.352 e. The molecule has 5 nitrogen and oxygen atoms in total. The highest BCUT2D eigenvalue weighted by Crippen LogP contribution is 2.24. The van der Waals surface area contributed by atoms with Gasteiger partial charge >= 0.3 is 0 Å². The SMILES string of the molecule is CCCNC(=O)c1ccc(NC(=S)NC(=O)C(c2ccccc2)c2ccccc2)cc1. The van der Waals surface area contributed by atoms with Crippen molar-refractivity contribution in [1.29, 1.82) is 0 Å². The first-order valence-electron chi connectivity index (χ1n) is 10.2. The fourth-order valence-corrected chi connectivity index (χ4v) is 3.40. The van der Waals surface area contributed by atoms with Crippen molar-refractivity contribution in [3.63, 3.8) is 0 Å². The quantitative estimate of drug-likeness (QED) is 0.483. The number of benzene rings is 3. The Morgan fingerprint density at radius 1 is 0.839 bits per heavy atom. The highest BCUT2D eigenvalue weighted by atomic mass is 32.1. The van der Waals surface area contributed by atoms with E-state index in [1.54, 1.807) is 24.3 Å². The molecule has 3 N–H and O–H groups in total. The van der Waals surface area contributed by atoms with Crippen molar-refractivity contribution in [2.24, 2.45) is 0 Å². The Hall–Kier alpha value is -3.51. The van der Waals surface area contributed by atoms with E-state index in [1.807, 2.05) is 67.6 Å². The molecule has 0 aliphatic rings. The highest BCUT2D eigenvalue weighted by molar-refractivity contribution is 7.80. The van der Waals surface area contributed by atoms with Crippen LogP contribution in [0.5, 0.6) is 0 Å². The molecule has 158 valence electrons. The third-order valence-corrected chi connectivity index (χ3v) is 4.91. The summed E-state index contributed by atoms with van der Waals surface area (Å²) >= 11 is 5.35. The number of rotatable bonds is 7. The van der Waals surface area contributed by atoms with Crippen LogP contribution in [0.15, 0.2) is 84.9 Å². The Morgan fingerprint density at radius 3 is 1.90 bits per heavy atom. The van der Waals surface area contributed by atoms with Gasteiger partial charge in [-0.25, -0.2) is 0 Å². The van der Waals surface area contributed by atoms with Gasteiger partial charge in [-0.2, -0.15) is 0 Å². The van der Waals surface area contributed by atoms with Crippen LogP contribution < -0.4 is 16.0 Å². The lowest BCUT2D eigenvalue weighted by atomic mass is 9.90. The smallest absolute Gasteiger partial charge is 0.251 e. The summed E-state index contributed by atoms with van der Waals surface area (Å²) in [5.41, 5.74) is 3.03. The molecule has 0 unspecified atom stereocenters. The van der Waals surface area contributed by atoms with Crippen LogP contribution in [0.1, 0.15) is 40.7 Å². The summed E-state index contributed by atoms with van der Waals surface area (Å²) in [5.74, 6) is -0.810. The number of carbonyl (C=O) groups is 2. The normalized spacial score (nSPS) is 10.4. The number of hydrogen-bond donors (Lipinski definition) is 3. The summed E-state index contributed by atoms with van der Waals surface area (Å²) in [4.78, 5) is 25.1. The van der Waals surface area contributed by atoms with Gasteiger partial charge in [0, 0.05) is 17.8 Å². The zero-order chi connectivity index (χ0) is 22.1. The van der Waals surface area contributed by atoms with Crippen LogP contribution in [-0.4, -0.2) is 23.5 Å². The van der Waals surface area contributed by atoms with Crippen LogP contribution in [-0.2, 0) is 4.79 Å². The molecule has 0 aliphatic carbocycles. The molecule has 3 aromatic rings. The molecule has 0 spiro atoms. The Balaban J connectivity index is 1.67. The second-order valence-corrected chi connectivity index (χ2v) is 7.44. The predicted octanol–water partition coefficient (Wildman–Crippen LogP) is 4.47. The van der Waals surface area contributed by atoms with E-state index in [1.165, 1.54) is 0 Å². The summed E-state index contributed by atoms with van der Waals surface area (Å²) in [6, 6.07) is 26.1. The third kappa shape index (κ3) is 6.23. The molecule has 2 amide bonds. The van der Waals surface area contributed by atoms with Crippen molar-refractivity contribution >= 4 is 34.8 Å². The Labute approximate surface area is 187 Å². The number of nitrogens with one attached hydrogen (secondary N) is 3. The number of thiocarbonyl (C=S) groups is 1. The van der Waals surface area contributed by atoms with Crippen LogP contribution in [0.3, 0.4) is 0 Å². The number of anilines is 1. The average Bonchev–Trinajstić information content (AvgIpc) is 2.79. The van der Waals surface area contributed by atoms with Crippen molar-refractivity contribution in [3.05, 3.63) is 102 Å². The van der Waals surface area contributed by atoms with Crippen molar-refractivity contribution in [1.82, 2.24) is 10.6 Å². The molecule has 3 aromatic carbocycles. The minimum atomic E-state index is -0.480.